The topological polar surface area (TPSA) is 78.6 Å². The first-order chi connectivity index (χ1) is 14.7. The number of aromatic nitrogens is 1. The Morgan fingerprint density at radius 1 is 1.16 bits per heavy atom. The minimum Gasteiger partial charge on any atom is -0.751 e. The van der Waals surface area contributed by atoms with Crippen LogP contribution in [0.15, 0.2) is 59.3 Å². The Labute approximate surface area is 170 Å². The smallest absolute Gasteiger partial charge is 0.416 e. The van der Waals surface area contributed by atoms with E-state index in [0.717, 1.165) is 30.5 Å². The molecule has 0 fully saturated rings. The standard InChI is InChI=1S/C20H10F5N2O4/c21-19(22)31-15-6-4-12(18(28)27(29)11-2-1-7-26-9-11)16-13-8-10(20(23,24)25)3-5-14(13)30-17(15)16/h1-9,19H/q-1. The minimum atomic E-state index is -4.71. The highest BCUT2D eigenvalue weighted by atomic mass is 19.4. The maximum Gasteiger partial charge on any atom is 0.416 e. The zero-order valence-corrected chi connectivity index (χ0v) is 15.2. The molecule has 0 spiro atoms. The molecule has 0 unspecified atom stereocenters. The quantitative estimate of drug-likeness (QED) is 0.300. The van der Waals surface area contributed by atoms with Gasteiger partial charge in [-0.1, -0.05) is 0 Å². The second kappa shape index (κ2) is 7.51. The number of amides is 1. The average molecular weight is 437 g/mol. The van der Waals surface area contributed by atoms with Crippen molar-refractivity contribution in [3.63, 3.8) is 0 Å². The van der Waals surface area contributed by atoms with E-state index < -0.39 is 30.0 Å². The summed E-state index contributed by atoms with van der Waals surface area (Å²) in [6, 6.07) is 7.15. The van der Waals surface area contributed by atoms with Crippen molar-refractivity contribution in [2.45, 2.75) is 12.8 Å². The van der Waals surface area contributed by atoms with Crippen molar-refractivity contribution in [1.82, 2.24) is 4.98 Å². The van der Waals surface area contributed by atoms with Crippen LogP contribution < -0.4 is 9.80 Å². The number of carbonyl (C=O) groups is 1. The van der Waals surface area contributed by atoms with E-state index in [1.165, 1.54) is 18.3 Å². The third-order valence-electron chi connectivity index (χ3n) is 4.42. The molecule has 4 rings (SSSR count). The number of benzene rings is 2. The maximum absolute atomic E-state index is 13.2. The lowest BCUT2D eigenvalue weighted by Crippen LogP contribution is -2.24. The van der Waals surface area contributed by atoms with Gasteiger partial charge in [0.25, 0.3) is 0 Å². The molecule has 0 radical (unpaired) electrons. The van der Waals surface area contributed by atoms with E-state index in [1.807, 2.05) is 0 Å². The van der Waals surface area contributed by atoms with Crippen molar-refractivity contribution in [1.29, 1.82) is 0 Å². The number of pyridine rings is 1. The molecule has 0 aliphatic carbocycles. The van der Waals surface area contributed by atoms with Gasteiger partial charge in [-0.2, -0.15) is 22.0 Å². The molecule has 0 N–H and O–H groups in total. The predicted octanol–water partition coefficient (Wildman–Crippen LogP) is 5.75. The van der Waals surface area contributed by atoms with Crippen LogP contribution in [0.5, 0.6) is 5.75 Å². The summed E-state index contributed by atoms with van der Waals surface area (Å²) < 4.78 is 75.0. The first-order valence-corrected chi connectivity index (χ1v) is 8.59. The van der Waals surface area contributed by atoms with Crippen LogP contribution >= 0.6 is 0 Å². The van der Waals surface area contributed by atoms with Crippen molar-refractivity contribution >= 4 is 33.5 Å². The predicted molar refractivity (Wildman–Crippen MR) is 99.8 cm³/mol. The summed E-state index contributed by atoms with van der Waals surface area (Å²) in [5, 5.41) is 12.0. The fraction of sp³-hybridized carbons (Fsp3) is 0.100. The number of alkyl halides is 5. The second-order valence-corrected chi connectivity index (χ2v) is 6.32. The summed E-state index contributed by atoms with van der Waals surface area (Å²) in [5.41, 5.74) is -2.03. The number of nitrogens with zero attached hydrogens (tertiary/aromatic N) is 2. The van der Waals surface area contributed by atoms with Crippen LogP contribution in [0.1, 0.15) is 15.9 Å². The van der Waals surface area contributed by atoms with Gasteiger partial charge in [0.1, 0.15) is 5.58 Å². The van der Waals surface area contributed by atoms with Gasteiger partial charge in [-0.25, -0.2) is 0 Å². The first kappa shape index (κ1) is 20.5. The molecule has 2 aromatic heterocycles. The van der Waals surface area contributed by atoms with E-state index >= 15 is 0 Å². The lowest BCUT2D eigenvalue weighted by molar-refractivity contribution is -0.137. The third-order valence-corrected chi connectivity index (χ3v) is 4.42. The number of hydrogen-bond donors (Lipinski definition) is 0. The summed E-state index contributed by atoms with van der Waals surface area (Å²) in [7, 11) is 0. The third kappa shape index (κ3) is 3.75. The average Bonchev–Trinajstić information content (AvgIpc) is 3.12. The fourth-order valence-electron chi connectivity index (χ4n) is 3.10. The first-order valence-electron chi connectivity index (χ1n) is 8.59. The Morgan fingerprint density at radius 2 is 1.94 bits per heavy atom. The number of ether oxygens (including phenoxy) is 1. The summed E-state index contributed by atoms with van der Waals surface area (Å²) in [6.07, 6.45) is -2.22. The van der Waals surface area contributed by atoms with Crippen LogP contribution in [0, 0.1) is 5.21 Å². The van der Waals surface area contributed by atoms with Crippen LogP contribution in [0.2, 0.25) is 0 Å². The van der Waals surface area contributed by atoms with Gasteiger partial charge in [-0.15, -0.1) is 0 Å². The highest BCUT2D eigenvalue weighted by molar-refractivity contribution is 6.21. The van der Waals surface area contributed by atoms with Crippen molar-refractivity contribution < 1.29 is 35.9 Å². The highest BCUT2D eigenvalue weighted by Gasteiger charge is 2.32. The van der Waals surface area contributed by atoms with Crippen LogP contribution in [-0.4, -0.2) is 17.5 Å². The van der Waals surface area contributed by atoms with E-state index in [0.29, 0.717) is 6.07 Å². The van der Waals surface area contributed by atoms with Crippen molar-refractivity contribution in [2.24, 2.45) is 0 Å². The summed E-state index contributed by atoms with van der Waals surface area (Å²) in [4.78, 5) is 16.6. The Hall–Kier alpha value is -3.73. The Balaban J connectivity index is 1.97. The van der Waals surface area contributed by atoms with E-state index in [1.54, 1.807) is 0 Å². The number of hydrogen-bond acceptors (Lipinski definition) is 5. The molecule has 0 atom stereocenters. The SMILES string of the molecule is O=C(c1ccc(OC(F)F)c2oc3ccc(C(F)(F)F)cc3c12)N([O-])c1cccnc1. The Bertz CT molecular complexity index is 1270. The largest absolute Gasteiger partial charge is 0.751 e. The van der Waals surface area contributed by atoms with Gasteiger partial charge in [0.05, 0.1) is 16.8 Å². The molecule has 0 saturated carbocycles. The highest BCUT2D eigenvalue weighted by Crippen LogP contribution is 2.41. The summed E-state index contributed by atoms with van der Waals surface area (Å²) in [6.45, 7) is -3.25. The molecule has 6 nitrogen and oxygen atoms in total. The number of halogens is 5. The molecule has 4 aromatic rings. The number of fused-ring (bicyclic) bond motifs is 3. The molecule has 31 heavy (non-hydrogen) atoms. The number of furan rings is 1. The monoisotopic (exact) mass is 437 g/mol. The van der Waals surface area contributed by atoms with Crippen molar-refractivity contribution in [2.75, 3.05) is 5.06 Å². The van der Waals surface area contributed by atoms with E-state index in [4.69, 9.17) is 4.42 Å². The zero-order chi connectivity index (χ0) is 22.3. The summed E-state index contributed by atoms with van der Waals surface area (Å²) in [5.74, 6) is -1.65. The van der Waals surface area contributed by atoms with Crippen LogP contribution in [0.4, 0.5) is 27.6 Å². The lowest BCUT2D eigenvalue weighted by atomic mass is 10.0. The summed E-state index contributed by atoms with van der Waals surface area (Å²) >= 11 is 0. The molecule has 0 bridgehead atoms. The second-order valence-electron chi connectivity index (χ2n) is 6.32. The van der Waals surface area contributed by atoms with Crippen LogP contribution in [-0.2, 0) is 6.18 Å². The van der Waals surface area contributed by atoms with Crippen molar-refractivity contribution in [3.05, 3.63) is 71.2 Å². The maximum atomic E-state index is 13.2. The fourth-order valence-corrected chi connectivity index (χ4v) is 3.10. The molecule has 2 heterocycles. The van der Waals surface area contributed by atoms with Gasteiger partial charge in [0.2, 0.25) is 5.91 Å². The molecule has 2 aromatic carbocycles. The van der Waals surface area contributed by atoms with E-state index in [2.05, 4.69) is 9.72 Å². The van der Waals surface area contributed by atoms with Gasteiger partial charge in [0, 0.05) is 23.2 Å². The number of hydroxylamine groups is 1. The molecular weight excluding hydrogens is 427 g/mol. The van der Waals surface area contributed by atoms with E-state index in [-0.39, 0.29) is 38.3 Å². The zero-order valence-electron chi connectivity index (χ0n) is 15.2. The van der Waals surface area contributed by atoms with Gasteiger partial charge < -0.3 is 19.4 Å². The van der Waals surface area contributed by atoms with Crippen LogP contribution in [0.25, 0.3) is 21.9 Å². The van der Waals surface area contributed by atoms with E-state index in [9.17, 15) is 32.0 Å². The number of rotatable bonds is 4. The molecule has 0 aliphatic heterocycles. The minimum absolute atomic E-state index is 0.0120. The molecule has 0 saturated heterocycles. The number of carbonyl (C=O) groups excluding carboxylic acids is 1. The Kier molecular flexibility index (Phi) is 4.97. The molecule has 1 amide bonds. The molecule has 160 valence electrons. The van der Waals surface area contributed by atoms with Gasteiger partial charge in [0.15, 0.2) is 11.3 Å². The van der Waals surface area contributed by atoms with Crippen LogP contribution in [0.3, 0.4) is 0 Å². The molecular formula is C20H10F5N2O4-. The molecule has 0 aliphatic rings. The molecule has 11 heteroatoms. The van der Waals surface area contributed by atoms with Gasteiger partial charge in [-0.05, 0) is 42.5 Å². The van der Waals surface area contributed by atoms with Gasteiger partial charge in [-0.3, -0.25) is 9.78 Å². The van der Waals surface area contributed by atoms with Gasteiger partial charge >= 0.3 is 12.8 Å². The van der Waals surface area contributed by atoms with Crippen molar-refractivity contribution in [3.8, 4) is 5.75 Å². The Morgan fingerprint density at radius 3 is 2.58 bits per heavy atom. The lowest BCUT2D eigenvalue weighted by Gasteiger charge is -2.28. The number of anilines is 1. The normalized spacial score (nSPS) is 12.0.